The van der Waals surface area contributed by atoms with Gasteiger partial charge in [0.1, 0.15) is 0 Å². The van der Waals surface area contributed by atoms with Gasteiger partial charge in [0.2, 0.25) is 0 Å². The molecule has 0 radical (unpaired) electrons. The van der Waals surface area contributed by atoms with Gasteiger partial charge in [0.05, 0.1) is 237 Å². The smallest absolute Gasteiger partial charge is 0.153 e. The lowest BCUT2D eigenvalue weighted by atomic mass is 10.3. The third-order valence-corrected chi connectivity index (χ3v) is 74.1. The Labute approximate surface area is 706 Å². The summed E-state index contributed by atoms with van der Waals surface area (Å²) in [7, 11) is -28.7. The van der Waals surface area contributed by atoms with Crippen LogP contribution in [0.25, 0.3) is 0 Å². The van der Waals surface area contributed by atoms with E-state index >= 15 is 0 Å². The van der Waals surface area contributed by atoms with Crippen molar-refractivity contribution in [2.75, 3.05) is 253 Å². The predicted molar refractivity (Wildman–Crippen MR) is 500 cm³/mol. The van der Waals surface area contributed by atoms with E-state index in [9.17, 15) is 58.9 Å². The number of hydrogen-bond donors (Lipinski definition) is 0. The van der Waals surface area contributed by atoms with Gasteiger partial charge in [0, 0.05) is 91.1 Å². The van der Waals surface area contributed by atoms with E-state index in [-0.39, 0.29) is 0 Å². The van der Waals surface area contributed by atoms with Crippen LogP contribution < -0.4 is 35.5 Å². The summed E-state index contributed by atoms with van der Waals surface area (Å²) in [5.74, 6) is -3.80. The van der Waals surface area contributed by atoms with E-state index in [1.165, 1.54) is 129 Å². The fourth-order valence-electron chi connectivity index (χ4n) is 11.4. The topological polar surface area (TPSA) is 469 Å². The summed E-state index contributed by atoms with van der Waals surface area (Å²) in [4.78, 5) is 35.7. The number of carboxylic acid groups (broad SMARTS) is 4. The van der Waals surface area contributed by atoms with Gasteiger partial charge in [-0.05, 0) is 145 Å². The Morgan fingerprint density at radius 1 is 0.184 bits per heavy atom. The number of carbonyl (C=O) groups excluding carboxylic acids is 4. The van der Waals surface area contributed by atoms with Crippen molar-refractivity contribution >= 4 is 151 Å². The van der Waals surface area contributed by atoms with Crippen molar-refractivity contribution in [1.29, 1.82) is 0 Å². The van der Waals surface area contributed by atoms with Crippen molar-refractivity contribution in [2.24, 2.45) is 0 Å². The lowest BCUT2D eigenvalue weighted by Gasteiger charge is -2.35. The van der Waals surface area contributed by atoms with Gasteiger partial charge in [0.15, 0.2) is 68.9 Å². The Hall–Kier alpha value is 0.485. The van der Waals surface area contributed by atoms with Crippen LogP contribution in [0.4, 0.5) is 0 Å². The van der Waals surface area contributed by atoms with Crippen LogP contribution in [0, 0.1) is 0 Å². The average molecular weight is 1910 g/mol. The Morgan fingerprint density at radius 2 is 0.246 bits per heavy atom. The van der Waals surface area contributed by atoms with Gasteiger partial charge >= 0.3 is 0 Å². The lowest BCUT2D eigenvalue weighted by molar-refractivity contribution is -0.479. The highest BCUT2D eigenvalue weighted by molar-refractivity contribution is 7.94. The van der Waals surface area contributed by atoms with E-state index in [4.69, 9.17) is 54.7 Å². The first-order valence-electron chi connectivity index (χ1n) is 41.4. The zero-order chi connectivity index (χ0) is 92.6. The van der Waals surface area contributed by atoms with Crippen molar-refractivity contribution in [1.82, 2.24) is 0 Å². The third-order valence-electron chi connectivity index (χ3n) is 23.6. The van der Waals surface area contributed by atoms with Gasteiger partial charge in [-0.3, -0.25) is 7.32 Å². The summed E-state index contributed by atoms with van der Waals surface area (Å²) < 4.78 is 160. The maximum atomic E-state index is 11.4. The Morgan fingerprint density at radius 3 is 0.281 bits per heavy atom. The third kappa shape index (κ3) is 69.8. The molecule has 0 amide bonds. The molecule has 0 aromatic carbocycles. The molecule has 0 saturated heterocycles. The second kappa shape index (κ2) is 71.7. The zero-order valence-electron chi connectivity index (χ0n) is 76.5. The quantitative estimate of drug-likeness (QED) is 0.0355. The van der Waals surface area contributed by atoms with Gasteiger partial charge in [-0.2, -0.15) is 0 Å². The fourth-order valence-corrected chi connectivity index (χ4v) is 48.0. The van der Waals surface area contributed by atoms with Crippen molar-refractivity contribution < 1.29 is 114 Å². The molecule has 0 unspecified atom stereocenters. The van der Waals surface area contributed by atoms with Crippen LogP contribution in [0.2, 0.25) is 0 Å². The van der Waals surface area contributed by atoms with Gasteiger partial charge in [-0.25, -0.2) is 58.9 Å². The number of sulfone groups is 7. The van der Waals surface area contributed by atoms with Gasteiger partial charge in [-0.15, -0.1) is 0 Å². The van der Waals surface area contributed by atoms with Crippen molar-refractivity contribution in [3.8, 4) is 0 Å². The highest BCUT2D eigenvalue weighted by Gasteiger charge is 2.38. The average Bonchev–Trinajstić information content (AvgIpc) is 0.913. The van der Waals surface area contributed by atoms with E-state index in [2.05, 4.69) is 145 Å². The first-order chi connectivity index (χ1) is 52.2. The first-order valence-corrected chi connectivity index (χ1v) is 71.8. The molecule has 0 aromatic rings. The van der Waals surface area contributed by atoms with Crippen LogP contribution in [-0.4, -0.2) is 343 Å². The van der Waals surface area contributed by atoms with Crippen LogP contribution in [0.1, 0.15) is 194 Å². The largest absolute Gasteiger partial charge is 0.907 e. The minimum atomic E-state index is -2.92. The minimum absolute atomic E-state index is 0.296. The van der Waals surface area contributed by atoms with Gasteiger partial charge in [-0.1, -0.05) is 48.5 Å². The monoisotopic (exact) mass is 1910 g/mol. The van der Waals surface area contributed by atoms with Gasteiger partial charge in [0.25, 0.3) is 0 Å². The molecule has 0 aliphatic rings. The van der Waals surface area contributed by atoms with Crippen molar-refractivity contribution in [3.05, 3.63) is 0 Å². The molecule has 25 nitrogen and oxygen atoms in total. The Balaban J connectivity index is -0.000000134. The van der Waals surface area contributed by atoms with Crippen LogP contribution in [0.3, 0.4) is 0 Å². The molecule has 0 N–H and O–H groups in total. The summed E-state index contributed by atoms with van der Waals surface area (Å²) in [5, 5.41) is 61.0. The maximum absolute atomic E-state index is 11.4. The molecule has 0 rings (SSSR count). The normalized spacial score (nSPS) is 12.3. The lowest BCUT2D eigenvalue weighted by Crippen LogP contribution is -2.56. The predicted octanol–water partition coefficient (Wildman–Crippen LogP) is 6.51. The molecule has 114 heavy (non-hydrogen) atoms. The molecule has 0 aromatic heterocycles. The summed E-state index contributed by atoms with van der Waals surface area (Å²) in [6.45, 7) is 58.5. The Kier molecular flexibility index (Phi) is 85.0. The van der Waals surface area contributed by atoms with Crippen molar-refractivity contribution in [3.63, 3.8) is 0 Å². The fraction of sp³-hybridized carbons (Fsp3) is 0.946. The van der Waals surface area contributed by atoms with E-state index in [1.807, 2.05) is 0 Å². The minimum Gasteiger partial charge on any atom is -0.907 e. The summed E-state index contributed by atoms with van der Waals surface area (Å²) in [6.07, 6.45) is 31.6. The second-order valence-electron chi connectivity index (χ2n) is 27.7. The van der Waals surface area contributed by atoms with Crippen LogP contribution in [-0.2, 0) is 88.0 Å². The highest BCUT2D eigenvalue weighted by atomic mass is 32.2. The van der Waals surface area contributed by atoms with Crippen LogP contribution >= 0.6 is 50.8 Å². The number of rotatable bonds is 49. The first kappa shape index (κ1) is 135. The summed E-state index contributed by atoms with van der Waals surface area (Å²) >= 11 is 0. The highest BCUT2D eigenvalue weighted by Crippen LogP contribution is 2.62. The Bertz CT molecular complexity index is 2630. The molecule has 0 heterocycles. The maximum Gasteiger partial charge on any atom is 0.153 e. The summed E-state index contributed by atoms with van der Waals surface area (Å²) in [5.41, 5.74) is 0. The molecular formula is C74H168BO25P7S7. The SMILES string of the molecule is CC[P+](CC)(CC)CCS(=O)(=O)CC.CC[P+](CC)(CC)CCS(=O)(=O)CC.CC[P+](CC)(CC)CCS(=O)(=O)CC.CC[P+](CC)(CC)CCS(=O)(=O)CC.CC[P+](CC)(CC)CCS(=O)(=O)CC.CC[P+](CC)(CC)CCS(=O)(=O)CC.CC[P+](CC)(CC)CCS(=O)(=O)CC.O=C([O-])C(=O)[O-].O=C([O-])C(=O)[O-].[O-]B([O-])[O-]. The number of aliphatic carboxylic acids is 4. The molecule has 0 atom stereocenters. The second-order valence-corrected chi connectivity index (χ2v) is 80.2. The molecule has 0 bridgehead atoms. The van der Waals surface area contributed by atoms with E-state index in [0.717, 1.165) is 43.1 Å². The molecule has 0 aliphatic heterocycles. The molecule has 0 saturated carbocycles. The van der Waals surface area contributed by atoms with E-state index in [0.29, 0.717) is 80.5 Å². The molecule has 0 spiro atoms. The molecule has 40 heteroatoms. The van der Waals surface area contributed by atoms with E-state index < -0.39 is 151 Å². The zero-order valence-corrected chi connectivity index (χ0v) is 88.4. The molecule has 694 valence electrons. The van der Waals surface area contributed by atoms with Crippen LogP contribution in [0.15, 0.2) is 0 Å². The van der Waals surface area contributed by atoms with Crippen molar-refractivity contribution in [2.45, 2.75) is 194 Å². The van der Waals surface area contributed by atoms with E-state index in [1.54, 1.807) is 48.5 Å². The molecular weight excluding hydrogens is 1740 g/mol. The number of hydrogen-bond acceptors (Lipinski definition) is 25. The molecule has 0 fully saturated rings. The van der Waals surface area contributed by atoms with Crippen LogP contribution in [0.5, 0.6) is 0 Å². The summed E-state index contributed by atoms with van der Waals surface area (Å²) in [6, 6.07) is 0. The van der Waals surface area contributed by atoms with Gasteiger partial charge < -0.3 is 54.7 Å². The standard InChI is InChI=1S/7C10H24O2PS.2C2H2O4.BO3/c7*1-5-13(6-2,7-3)9-10-14(11,12)8-4;2*3-1(4)2(5)6;2-1(3)4/h7*5-10H2,1-4H3;2*(H,3,4)(H,5,6);/q7*+1;;;-3/p-4. The molecule has 0 aliphatic carbocycles. The number of carboxylic acids is 4. The number of carbonyl (C=O) groups is 4.